The molecule has 2 heterocycles. The first-order chi connectivity index (χ1) is 12.6. The van der Waals surface area contributed by atoms with Crippen LogP contribution in [0.3, 0.4) is 0 Å². The molecule has 2 aromatic heterocycles. The van der Waals surface area contributed by atoms with Crippen LogP contribution in [0.5, 0.6) is 0 Å². The van der Waals surface area contributed by atoms with E-state index in [0.717, 1.165) is 27.7 Å². The van der Waals surface area contributed by atoms with Gasteiger partial charge in [-0.15, -0.1) is 23.1 Å². The van der Waals surface area contributed by atoms with Crippen molar-refractivity contribution in [2.75, 3.05) is 6.26 Å². The number of thiazole rings is 1. The standard InChI is InChI=1S/C20H19N3OS2/c1-4-16-22-18-15(26-16)8-6-12-9-11(2)5-7-13(12)17(18)14-10-21-20(24)23-19(14)25-3/h5-10,17H,4H2,1-3H3,(H,21,23,24). The predicted molar refractivity (Wildman–Crippen MR) is 109 cm³/mol. The van der Waals surface area contributed by atoms with E-state index in [4.69, 9.17) is 4.98 Å². The molecular formula is C20H19N3OS2. The van der Waals surface area contributed by atoms with Gasteiger partial charge in [-0.2, -0.15) is 0 Å². The van der Waals surface area contributed by atoms with Crippen molar-refractivity contribution in [3.05, 3.63) is 72.7 Å². The molecule has 26 heavy (non-hydrogen) atoms. The minimum Gasteiger partial charge on any atom is -0.300 e. The molecule has 1 atom stereocenters. The highest BCUT2D eigenvalue weighted by Gasteiger charge is 2.29. The molecule has 4 rings (SSSR count). The molecule has 0 spiro atoms. The molecule has 0 saturated heterocycles. The third kappa shape index (κ3) is 2.93. The third-order valence-corrected chi connectivity index (χ3v) is 6.51. The molecule has 6 heteroatoms. The first kappa shape index (κ1) is 17.2. The Balaban J connectivity index is 2.02. The number of thioether (sulfide) groups is 1. The van der Waals surface area contributed by atoms with Crippen LogP contribution < -0.4 is 5.69 Å². The molecule has 0 aliphatic heterocycles. The number of benzene rings is 1. The van der Waals surface area contributed by atoms with E-state index in [1.807, 2.05) is 6.26 Å². The summed E-state index contributed by atoms with van der Waals surface area (Å²) in [5, 5.41) is 1.98. The van der Waals surface area contributed by atoms with Gasteiger partial charge in [-0.05, 0) is 36.8 Å². The van der Waals surface area contributed by atoms with E-state index in [2.05, 4.69) is 54.2 Å². The Bertz CT molecular complexity index is 1070. The minimum atomic E-state index is -0.318. The highest BCUT2D eigenvalue weighted by molar-refractivity contribution is 7.98. The summed E-state index contributed by atoms with van der Waals surface area (Å²) in [4.78, 5) is 24.8. The molecule has 1 unspecified atom stereocenters. The summed E-state index contributed by atoms with van der Waals surface area (Å²) in [6.45, 7) is 4.23. The molecule has 0 bridgehead atoms. The Hall–Kier alpha value is -2.18. The molecule has 0 fully saturated rings. The molecule has 4 nitrogen and oxygen atoms in total. The maximum atomic E-state index is 11.7. The van der Waals surface area contributed by atoms with Crippen LogP contribution in [-0.4, -0.2) is 21.2 Å². The number of aryl methyl sites for hydroxylation is 2. The zero-order valence-corrected chi connectivity index (χ0v) is 16.5. The number of hydrogen-bond donors (Lipinski definition) is 1. The lowest BCUT2D eigenvalue weighted by Crippen LogP contribution is -2.16. The second-order valence-electron chi connectivity index (χ2n) is 6.29. The molecule has 3 aromatic rings. The van der Waals surface area contributed by atoms with Gasteiger partial charge in [0, 0.05) is 11.8 Å². The van der Waals surface area contributed by atoms with E-state index < -0.39 is 0 Å². The normalized spacial score (nSPS) is 15.4. The van der Waals surface area contributed by atoms with Crippen molar-refractivity contribution in [2.24, 2.45) is 0 Å². The maximum Gasteiger partial charge on any atom is 0.345 e. The Kier molecular flexibility index (Phi) is 4.54. The van der Waals surface area contributed by atoms with Crippen LogP contribution in [0.25, 0.3) is 12.2 Å². The molecule has 1 aliphatic rings. The second kappa shape index (κ2) is 6.85. The van der Waals surface area contributed by atoms with Gasteiger partial charge < -0.3 is 4.98 Å². The Morgan fingerprint density at radius 1 is 1.27 bits per heavy atom. The lowest BCUT2D eigenvalue weighted by atomic mass is 9.87. The monoisotopic (exact) mass is 381 g/mol. The van der Waals surface area contributed by atoms with E-state index in [0.29, 0.717) is 0 Å². The summed E-state index contributed by atoms with van der Waals surface area (Å²) in [6, 6.07) is 6.51. The number of nitrogens with zero attached hydrogens (tertiary/aromatic N) is 2. The highest BCUT2D eigenvalue weighted by atomic mass is 32.2. The minimum absolute atomic E-state index is 0.0426. The lowest BCUT2D eigenvalue weighted by Gasteiger charge is -2.20. The van der Waals surface area contributed by atoms with Gasteiger partial charge in [0.25, 0.3) is 0 Å². The fourth-order valence-electron chi connectivity index (χ4n) is 3.36. The third-order valence-electron chi connectivity index (χ3n) is 4.59. The molecule has 1 aliphatic carbocycles. The zero-order chi connectivity index (χ0) is 18.3. The highest BCUT2D eigenvalue weighted by Crippen LogP contribution is 2.42. The fourth-order valence-corrected chi connectivity index (χ4v) is 4.90. The van der Waals surface area contributed by atoms with Crippen molar-refractivity contribution in [2.45, 2.75) is 31.2 Å². The summed E-state index contributed by atoms with van der Waals surface area (Å²) in [5.74, 6) is -0.0426. The average molecular weight is 382 g/mol. The van der Waals surface area contributed by atoms with Crippen LogP contribution in [0.2, 0.25) is 0 Å². The SMILES string of the molecule is CCc1nc2c(s1)C=Cc1cc(C)ccc1C2c1cnc(=O)[nH]c1SC. The number of nitrogens with one attached hydrogen (secondary N) is 1. The largest absolute Gasteiger partial charge is 0.345 e. The van der Waals surface area contributed by atoms with Gasteiger partial charge in [-0.1, -0.05) is 36.8 Å². The van der Waals surface area contributed by atoms with Crippen molar-refractivity contribution in [3.63, 3.8) is 0 Å². The van der Waals surface area contributed by atoms with Crippen LogP contribution in [0.15, 0.2) is 34.2 Å². The summed E-state index contributed by atoms with van der Waals surface area (Å²) in [6.07, 6.45) is 8.94. The number of fused-ring (bicyclic) bond motifs is 2. The number of aromatic amines is 1. The molecule has 132 valence electrons. The van der Waals surface area contributed by atoms with Crippen molar-refractivity contribution in [1.29, 1.82) is 0 Å². The second-order valence-corrected chi connectivity index (χ2v) is 8.22. The van der Waals surface area contributed by atoms with Crippen molar-refractivity contribution in [3.8, 4) is 0 Å². The summed E-state index contributed by atoms with van der Waals surface area (Å²) >= 11 is 3.28. The van der Waals surface area contributed by atoms with Gasteiger partial charge in [0.1, 0.15) is 0 Å². The van der Waals surface area contributed by atoms with Crippen LogP contribution in [-0.2, 0) is 6.42 Å². The molecule has 0 saturated carbocycles. The number of aromatic nitrogens is 3. The fraction of sp³-hybridized carbons (Fsp3) is 0.250. The average Bonchev–Trinajstić information content (AvgIpc) is 2.99. The van der Waals surface area contributed by atoms with Gasteiger partial charge in [0.15, 0.2) is 0 Å². The number of H-pyrrole nitrogens is 1. The van der Waals surface area contributed by atoms with Gasteiger partial charge in [-0.3, -0.25) is 0 Å². The van der Waals surface area contributed by atoms with Crippen LogP contribution >= 0.6 is 23.1 Å². The summed E-state index contributed by atoms with van der Waals surface area (Å²) in [5.41, 5.74) is 5.35. The molecule has 0 amide bonds. The van der Waals surface area contributed by atoms with E-state index in [-0.39, 0.29) is 11.6 Å². The van der Waals surface area contributed by atoms with Gasteiger partial charge in [0.05, 0.1) is 26.5 Å². The van der Waals surface area contributed by atoms with Crippen molar-refractivity contribution in [1.82, 2.24) is 15.0 Å². The van der Waals surface area contributed by atoms with Crippen LogP contribution in [0.4, 0.5) is 0 Å². The molecule has 1 aromatic carbocycles. The van der Waals surface area contributed by atoms with E-state index in [1.54, 1.807) is 17.5 Å². The van der Waals surface area contributed by atoms with Gasteiger partial charge in [-0.25, -0.2) is 14.8 Å². The maximum absolute atomic E-state index is 11.7. The summed E-state index contributed by atoms with van der Waals surface area (Å²) < 4.78 is 0. The van der Waals surface area contributed by atoms with E-state index in [1.165, 1.54) is 33.3 Å². The van der Waals surface area contributed by atoms with Crippen molar-refractivity contribution >= 4 is 35.3 Å². The number of rotatable bonds is 3. The number of hydrogen-bond acceptors (Lipinski definition) is 5. The molecule has 1 N–H and O–H groups in total. The first-order valence-electron chi connectivity index (χ1n) is 8.52. The summed E-state index contributed by atoms with van der Waals surface area (Å²) in [7, 11) is 0. The van der Waals surface area contributed by atoms with Gasteiger partial charge >= 0.3 is 5.69 Å². The van der Waals surface area contributed by atoms with E-state index in [9.17, 15) is 4.79 Å². The van der Waals surface area contributed by atoms with Crippen LogP contribution in [0, 0.1) is 6.92 Å². The van der Waals surface area contributed by atoms with Crippen molar-refractivity contribution < 1.29 is 0 Å². The zero-order valence-electron chi connectivity index (χ0n) is 14.9. The predicted octanol–water partition coefficient (Wildman–Crippen LogP) is 4.48. The topological polar surface area (TPSA) is 58.6 Å². The smallest absolute Gasteiger partial charge is 0.300 e. The lowest BCUT2D eigenvalue weighted by molar-refractivity contribution is 0.830. The Morgan fingerprint density at radius 2 is 2.12 bits per heavy atom. The first-order valence-corrected chi connectivity index (χ1v) is 10.6. The molecule has 0 radical (unpaired) electrons. The Morgan fingerprint density at radius 3 is 2.88 bits per heavy atom. The molecular weight excluding hydrogens is 362 g/mol. The van der Waals surface area contributed by atoms with Crippen LogP contribution in [0.1, 0.15) is 50.7 Å². The van der Waals surface area contributed by atoms with Gasteiger partial charge in [0.2, 0.25) is 0 Å². The Labute approximate surface area is 160 Å². The quantitative estimate of drug-likeness (QED) is 0.420. The van der Waals surface area contributed by atoms with E-state index >= 15 is 0 Å².